The van der Waals surface area contributed by atoms with Crippen molar-refractivity contribution in [3.05, 3.63) is 124 Å². The molecule has 3 aromatic carbocycles. The average Bonchev–Trinajstić information content (AvgIpc) is 3.75. The van der Waals surface area contributed by atoms with Crippen LogP contribution in [0.1, 0.15) is 77.8 Å². The third-order valence-corrected chi connectivity index (χ3v) is 8.73. The number of likely N-dealkylation sites (N-methyl/N-ethyl adjacent to an activating group) is 1. The lowest BCUT2D eigenvalue weighted by Gasteiger charge is -2.39. The number of hydrogen-bond acceptors (Lipinski definition) is 4. The molecule has 2 aliphatic rings. The van der Waals surface area contributed by atoms with E-state index >= 15 is 0 Å². The van der Waals surface area contributed by atoms with E-state index in [-0.39, 0.29) is 18.0 Å². The van der Waals surface area contributed by atoms with Gasteiger partial charge in [0, 0.05) is 29.2 Å². The monoisotopic (exact) mass is 659 g/mol. The fourth-order valence-corrected chi connectivity index (χ4v) is 6.42. The van der Waals surface area contributed by atoms with Crippen molar-refractivity contribution < 1.29 is 31.9 Å². The van der Waals surface area contributed by atoms with Gasteiger partial charge in [-0.2, -0.15) is 18.3 Å². The summed E-state index contributed by atoms with van der Waals surface area (Å²) in [5.74, 6) is -2.73. The van der Waals surface area contributed by atoms with Crippen molar-refractivity contribution in [3.8, 4) is 5.69 Å². The van der Waals surface area contributed by atoms with Gasteiger partial charge in [-0.05, 0) is 81.1 Å². The van der Waals surface area contributed by atoms with E-state index in [2.05, 4.69) is 10.6 Å². The number of nitrogens with one attached hydrogen (secondary N) is 2. The first-order valence-corrected chi connectivity index (χ1v) is 15.7. The summed E-state index contributed by atoms with van der Waals surface area (Å²) in [6, 6.07) is 16.5. The van der Waals surface area contributed by atoms with Gasteiger partial charge < -0.3 is 10.6 Å². The van der Waals surface area contributed by atoms with Crippen LogP contribution in [0.15, 0.2) is 90.5 Å². The number of para-hydroxylation sites is 1. The van der Waals surface area contributed by atoms with E-state index in [9.17, 15) is 31.9 Å². The Hall–Kier alpha value is -5.26. The number of nitrogens with zero attached hydrogens (tertiary/aromatic N) is 3. The highest BCUT2D eigenvalue weighted by Crippen LogP contribution is 2.45. The van der Waals surface area contributed by atoms with Crippen molar-refractivity contribution in [2.45, 2.75) is 57.3 Å². The topological polar surface area (TPSA) is 96.3 Å². The van der Waals surface area contributed by atoms with Crippen molar-refractivity contribution in [2.75, 3.05) is 11.4 Å². The smallest absolute Gasteiger partial charge is 0.344 e. The van der Waals surface area contributed by atoms with Gasteiger partial charge in [-0.1, -0.05) is 42.5 Å². The van der Waals surface area contributed by atoms with Crippen molar-refractivity contribution >= 4 is 23.5 Å². The third-order valence-electron chi connectivity index (χ3n) is 8.73. The first-order chi connectivity index (χ1) is 23.0. The normalized spacial score (nSPS) is 18.2. The molecule has 2 N–H and O–H groups in total. The Bertz CT molecular complexity index is 1890. The van der Waals surface area contributed by atoms with Gasteiger partial charge in [-0.15, -0.1) is 0 Å². The molecule has 6 rings (SSSR count). The number of anilines is 1. The van der Waals surface area contributed by atoms with E-state index < -0.39 is 47.4 Å². The largest absolute Gasteiger partial charge is 0.416 e. The second-order valence-corrected chi connectivity index (χ2v) is 11.8. The van der Waals surface area contributed by atoms with Crippen molar-refractivity contribution in [1.82, 2.24) is 20.4 Å². The molecule has 8 nitrogen and oxygen atoms in total. The second kappa shape index (κ2) is 13.1. The minimum atomic E-state index is -4.68. The zero-order chi connectivity index (χ0) is 34.2. The Kier molecular flexibility index (Phi) is 8.91. The maximum atomic E-state index is 14.4. The number of amides is 3. The third kappa shape index (κ3) is 6.22. The highest BCUT2D eigenvalue weighted by atomic mass is 19.4. The molecule has 1 aliphatic heterocycles. The molecular formula is C36H33F4N5O3. The lowest BCUT2D eigenvalue weighted by Crippen LogP contribution is -2.55. The van der Waals surface area contributed by atoms with Crippen LogP contribution in [0.5, 0.6) is 0 Å². The minimum absolute atomic E-state index is 0.156. The summed E-state index contributed by atoms with van der Waals surface area (Å²) >= 11 is 0. The molecule has 0 saturated heterocycles. The molecule has 2 heterocycles. The van der Waals surface area contributed by atoms with Gasteiger partial charge in [0.2, 0.25) is 5.91 Å². The van der Waals surface area contributed by atoms with Crippen LogP contribution in [0.2, 0.25) is 0 Å². The Morgan fingerprint density at radius 1 is 1.00 bits per heavy atom. The first-order valence-electron chi connectivity index (χ1n) is 15.7. The molecule has 12 heteroatoms. The summed E-state index contributed by atoms with van der Waals surface area (Å²) in [7, 11) is 0. The molecule has 3 atom stereocenters. The van der Waals surface area contributed by atoms with E-state index in [0.29, 0.717) is 40.3 Å². The van der Waals surface area contributed by atoms with Crippen LogP contribution < -0.4 is 15.5 Å². The van der Waals surface area contributed by atoms with Crippen LogP contribution in [0.4, 0.5) is 23.4 Å². The summed E-state index contributed by atoms with van der Waals surface area (Å²) in [6.07, 6.45) is -0.448. The zero-order valence-corrected chi connectivity index (χ0v) is 26.2. The van der Waals surface area contributed by atoms with Gasteiger partial charge in [0.1, 0.15) is 17.7 Å². The number of carbonyl (C=O) groups is 3. The van der Waals surface area contributed by atoms with Crippen LogP contribution in [0, 0.1) is 5.82 Å². The second-order valence-electron chi connectivity index (χ2n) is 11.8. The summed E-state index contributed by atoms with van der Waals surface area (Å²) in [5, 5.41) is 10.7. The number of aromatic nitrogens is 2. The zero-order valence-electron chi connectivity index (χ0n) is 26.2. The van der Waals surface area contributed by atoms with Gasteiger partial charge >= 0.3 is 6.18 Å². The Balaban J connectivity index is 1.52. The van der Waals surface area contributed by atoms with E-state index in [4.69, 9.17) is 5.10 Å². The molecule has 4 aromatic rings. The number of benzene rings is 3. The molecular weight excluding hydrogens is 626 g/mol. The number of halogens is 4. The maximum Gasteiger partial charge on any atom is 0.416 e. The van der Waals surface area contributed by atoms with Crippen LogP contribution >= 0.6 is 0 Å². The minimum Gasteiger partial charge on any atom is -0.344 e. The lowest BCUT2D eigenvalue weighted by atomic mass is 9.80. The van der Waals surface area contributed by atoms with Crippen molar-refractivity contribution in [3.63, 3.8) is 0 Å². The van der Waals surface area contributed by atoms with E-state index in [1.807, 2.05) is 36.4 Å². The summed E-state index contributed by atoms with van der Waals surface area (Å²) in [6.45, 7) is 3.69. The fourth-order valence-electron chi connectivity index (χ4n) is 6.42. The molecule has 0 saturated carbocycles. The average molecular weight is 660 g/mol. The molecule has 1 aliphatic carbocycles. The number of allylic oxidation sites excluding steroid dienone is 1. The van der Waals surface area contributed by atoms with Crippen LogP contribution in [-0.2, 0) is 15.8 Å². The van der Waals surface area contributed by atoms with Gasteiger partial charge in [0.15, 0.2) is 0 Å². The van der Waals surface area contributed by atoms with Crippen molar-refractivity contribution in [1.29, 1.82) is 0 Å². The first kappa shape index (κ1) is 32.7. The molecule has 1 aromatic heterocycles. The summed E-state index contributed by atoms with van der Waals surface area (Å²) in [4.78, 5) is 42.7. The van der Waals surface area contributed by atoms with Crippen molar-refractivity contribution in [2.24, 2.45) is 0 Å². The number of rotatable bonds is 8. The number of hydrogen-bond donors (Lipinski definition) is 2. The van der Waals surface area contributed by atoms with E-state index in [0.717, 1.165) is 31.0 Å². The SMILES string of the molecule is CCN1C(=O)[C@@H](NC(=O)c2cccc(C(F)(F)F)c2)[C@@H](c2ccc(F)cc2)c2c([C@@H](C)NC(=O)C3=CCCC3)nn(-c3ccccc3)c21. The van der Waals surface area contributed by atoms with Crippen LogP contribution in [0.25, 0.3) is 5.69 Å². The molecule has 248 valence electrons. The quantitative estimate of drug-likeness (QED) is 0.208. The molecule has 0 unspecified atom stereocenters. The Morgan fingerprint density at radius 2 is 1.73 bits per heavy atom. The molecule has 0 spiro atoms. The molecule has 3 amide bonds. The van der Waals surface area contributed by atoms with Gasteiger partial charge in [0.25, 0.3) is 11.8 Å². The Morgan fingerprint density at radius 3 is 2.38 bits per heavy atom. The lowest BCUT2D eigenvalue weighted by molar-refractivity contribution is -0.137. The molecule has 0 bridgehead atoms. The fraction of sp³-hybridized carbons (Fsp3) is 0.278. The highest BCUT2D eigenvalue weighted by molar-refractivity contribution is 6.05. The maximum absolute atomic E-state index is 14.4. The predicted molar refractivity (Wildman–Crippen MR) is 171 cm³/mol. The van der Waals surface area contributed by atoms with Crippen LogP contribution in [-0.4, -0.2) is 40.1 Å². The van der Waals surface area contributed by atoms with E-state index in [1.54, 1.807) is 18.5 Å². The number of carbonyl (C=O) groups excluding carboxylic acids is 3. The van der Waals surface area contributed by atoms with Crippen LogP contribution in [0.3, 0.4) is 0 Å². The van der Waals surface area contributed by atoms with Gasteiger partial charge in [-0.3, -0.25) is 19.3 Å². The van der Waals surface area contributed by atoms with Gasteiger partial charge in [0.05, 0.1) is 23.0 Å². The summed E-state index contributed by atoms with van der Waals surface area (Å²) in [5.41, 5.74) is 1.40. The number of alkyl halides is 3. The Labute approximate surface area is 274 Å². The summed E-state index contributed by atoms with van der Waals surface area (Å²) < 4.78 is 56.4. The number of fused-ring (bicyclic) bond motifs is 1. The predicted octanol–water partition coefficient (Wildman–Crippen LogP) is 6.61. The van der Waals surface area contributed by atoms with Gasteiger partial charge in [-0.25, -0.2) is 9.07 Å². The molecule has 0 radical (unpaired) electrons. The highest BCUT2D eigenvalue weighted by Gasteiger charge is 2.47. The standard InChI is InChI=1S/C36H33F4N5O3/c1-3-44-34-29(30(43-45(34)27-14-5-4-6-15-27)21(2)41-32(46)23-10-7-8-11-23)28(22-16-18-26(37)19-17-22)31(35(44)48)42-33(47)24-12-9-13-25(20-24)36(38,39)40/h4-6,9-10,12-21,28,31H,3,7-8,11H2,1-2H3,(H,41,46)(H,42,47)/t21-,28+,31+/m1/s1. The van der Waals surface area contributed by atoms with E-state index in [1.165, 1.54) is 35.2 Å². The molecule has 0 fully saturated rings. The molecule has 48 heavy (non-hydrogen) atoms.